The number of nitrogens with two attached hydrogens (primary N) is 1. The quantitative estimate of drug-likeness (QED) is 0.818. The Bertz CT molecular complexity index is 530. The highest BCUT2D eigenvalue weighted by Crippen LogP contribution is 2.23. The predicted molar refractivity (Wildman–Crippen MR) is 82.2 cm³/mol. The van der Waals surface area contributed by atoms with Crippen molar-refractivity contribution in [1.82, 2.24) is 9.80 Å². The zero-order valence-corrected chi connectivity index (χ0v) is 12.5. The number of phenolic OH excluding ortho intramolecular Hbond substituents is 1. The molecular formula is C13H16ClN3O2S. The maximum Gasteiger partial charge on any atom is 0.257 e. The Morgan fingerprint density at radius 2 is 2.00 bits per heavy atom. The molecule has 1 heterocycles. The molecule has 1 aliphatic rings. The van der Waals surface area contributed by atoms with Crippen molar-refractivity contribution in [1.29, 1.82) is 0 Å². The van der Waals surface area contributed by atoms with Crippen molar-refractivity contribution >= 4 is 34.7 Å². The molecule has 0 atom stereocenters. The number of halogens is 1. The van der Waals surface area contributed by atoms with Crippen LogP contribution in [0.1, 0.15) is 10.4 Å². The normalized spacial score (nSPS) is 16.1. The van der Waals surface area contributed by atoms with E-state index in [9.17, 15) is 9.90 Å². The molecule has 0 saturated carbocycles. The van der Waals surface area contributed by atoms with Crippen molar-refractivity contribution in [2.24, 2.45) is 5.73 Å². The molecule has 108 valence electrons. The van der Waals surface area contributed by atoms with Gasteiger partial charge in [0.2, 0.25) is 0 Å². The number of amides is 1. The molecule has 0 aromatic heterocycles. The van der Waals surface area contributed by atoms with Gasteiger partial charge in [0.25, 0.3) is 5.91 Å². The molecule has 7 heteroatoms. The van der Waals surface area contributed by atoms with Gasteiger partial charge >= 0.3 is 0 Å². The van der Waals surface area contributed by atoms with Crippen LogP contribution in [0.2, 0.25) is 5.02 Å². The minimum atomic E-state index is -0.186. The number of hydrogen-bond acceptors (Lipinski definition) is 4. The van der Waals surface area contributed by atoms with Crippen LogP contribution in [-0.2, 0) is 0 Å². The summed E-state index contributed by atoms with van der Waals surface area (Å²) in [4.78, 5) is 16.6. The summed E-state index contributed by atoms with van der Waals surface area (Å²) in [6.45, 7) is 3.19. The summed E-state index contributed by atoms with van der Waals surface area (Å²) in [6.07, 6.45) is 0. The van der Waals surface area contributed by atoms with E-state index in [4.69, 9.17) is 29.6 Å². The second-order valence-corrected chi connectivity index (χ2v) is 5.66. The second-order valence-electron chi connectivity index (χ2n) is 4.70. The van der Waals surface area contributed by atoms with Crippen molar-refractivity contribution in [2.75, 3.05) is 32.7 Å². The maximum atomic E-state index is 12.3. The van der Waals surface area contributed by atoms with Gasteiger partial charge in [0.15, 0.2) is 0 Å². The number of phenols is 1. The summed E-state index contributed by atoms with van der Waals surface area (Å²) < 4.78 is 0. The first-order valence-corrected chi connectivity index (χ1v) is 7.04. The van der Waals surface area contributed by atoms with Crippen molar-refractivity contribution in [3.8, 4) is 5.75 Å². The lowest BCUT2D eigenvalue weighted by molar-refractivity contribution is 0.0651. The van der Waals surface area contributed by atoms with Gasteiger partial charge in [-0.2, -0.15) is 0 Å². The minimum Gasteiger partial charge on any atom is -0.507 e. The van der Waals surface area contributed by atoms with Crippen molar-refractivity contribution in [2.45, 2.75) is 0 Å². The van der Waals surface area contributed by atoms with Crippen LogP contribution in [0.4, 0.5) is 0 Å². The van der Waals surface area contributed by atoms with E-state index in [1.165, 1.54) is 6.07 Å². The SMILES string of the molecule is NC(=S)CN1CCN(C(=O)c2ccc(Cl)cc2O)CC1. The van der Waals surface area contributed by atoms with Crippen LogP contribution in [0.3, 0.4) is 0 Å². The summed E-state index contributed by atoms with van der Waals surface area (Å²) in [5.41, 5.74) is 5.78. The van der Waals surface area contributed by atoms with Crippen LogP contribution in [0.5, 0.6) is 5.75 Å². The van der Waals surface area contributed by atoms with Gasteiger partial charge < -0.3 is 15.7 Å². The number of nitrogens with zero attached hydrogens (tertiary/aromatic N) is 2. The van der Waals surface area contributed by atoms with Crippen LogP contribution in [0.15, 0.2) is 18.2 Å². The van der Waals surface area contributed by atoms with Gasteiger partial charge in [-0.25, -0.2) is 0 Å². The lowest BCUT2D eigenvalue weighted by Gasteiger charge is -2.34. The van der Waals surface area contributed by atoms with E-state index in [1.54, 1.807) is 17.0 Å². The first kappa shape index (κ1) is 15.0. The lowest BCUT2D eigenvalue weighted by Crippen LogP contribution is -2.50. The molecule has 1 amide bonds. The third-order valence-electron chi connectivity index (χ3n) is 3.23. The Labute approximate surface area is 127 Å². The third kappa shape index (κ3) is 3.59. The first-order valence-electron chi connectivity index (χ1n) is 6.26. The number of benzene rings is 1. The molecule has 0 aliphatic carbocycles. The standard InChI is InChI=1S/C13H16ClN3O2S/c14-9-1-2-10(11(18)7-9)13(19)17-5-3-16(4-6-17)8-12(15)20/h1-2,7,18H,3-6,8H2,(H2,15,20). The van der Waals surface area contributed by atoms with Crippen molar-refractivity contribution in [3.63, 3.8) is 0 Å². The van der Waals surface area contributed by atoms with E-state index in [2.05, 4.69) is 4.90 Å². The monoisotopic (exact) mass is 313 g/mol. The van der Waals surface area contributed by atoms with E-state index < -0.39 is 0 Å². The third-order valence-corrected chi connectivity index (χ3v) is 3.59. The topological polar surface area (TPSA) is 69.8 Å². The maximum absolute atomic E-state index is 12.3. The van der Waals surface area contributed by atoms with Crippen LogP contribution in [0, 0.1) is 0 Å². The van der Waals surface area contributed by atoms with Crippen LogP contribution < -0.4 is 5.73 Å². The zero-order chi connectivity index (χ0) is 14.7. The van der Waals surface area contributed by atoms with Gasteiger partial charge in [0, 0.05) is 37.7 Å². The Hall–Kier alpha value is -1.37. The van der Waals surface area contributed by atoms with Crippen molar-refractivity contribution in [3.05, 3.63) is 28.8 Å². The number of rotatable bonds is 3. The Morgan fingerprint density at radius 1 is 1.35 bits per heavy atom. The van der Waals surface area contributed by atoms with Gasteiger partial charge in [0.1, 0.15) is 5.75 Å². The fourth-order valence-corrected chi connectivity index (χ4v) is 2.53. The molecule has 1 aromatic rings. The molecule has 20 heavy (non-hydrogen) atoms. The molecule has 0 bridgehead atoms. The van der Waals surface area contributed by atoms with E-state index in [-0.39, 0.29) is 17.2 Å². The Balaban J connectivity index is 1.99. The van der Waals surface area contributed by atoms with Gasteiger partial charge in [-0.05, 0) is 18.2 Å². The molecule has 1 saturated heterocycles. The molecule has 0 spiro atoms. The first-order chi connectivity index (χ1) is 9.47. The van der Waals surface area contributed by atoms with Crippen LogP contribution in [0.25, 0.3) is 0 Å². The fourth-order valence-electron chi connectivity index (χ4n) is 2.19. The van der Waals surface area contributed by atoms with E-state index in [1.807, 2.05) is 0 Å². The number of piperazine rings is 1. The number of aromatic hydroxyl groups is 1. The van der Waals surface area contributed by atoms with Gasteiger partial charge in [-0.1, -0.05) is 23.8 Å². The molecule has 2 rings (SSSR count). The molecular weight excluding hydrogens is 298 g/mol. The lowest BCUT2D eigenvalue weighted by atomic mass is 10.1. The fraction of sp³-hybridized carbons (Fsp3) is 0.385. The highest BCUT2D eigenvalue weighted by Gasteiger charge is 2.24. The van der Waals surface area contributed by atoms with Gasteiger partial charge in [0.05, 0.1) is 10.6 Å². The summed E-state index contributed by atoms with van der Waals surface area (Å²) >= 11 is 10.6. The summed E-state index contributed by atoms with van der Waals surface area (Å²) in [7, 11) is 0. The molecule has 1 aliphatic heterocycles. The molecule has 5 nitrogen and oxygen atoms in total. The Morgan fingerprint density at radius 3 is 2.55 bits per heavy atom. The van der Waals surface area contributed by atoms with E-state index >= 15 is 0 Å². The zero-order valence-electron chi connectivity index (χ0n) is 10.9. The smallest absolute Gasteiger partial charge is 0.257 e. The van der Waals surface area contributed by atoms with E-state index in [0.29, 0.717) is 29.6 Å². The molecule has 3 N–H and O–H groups in total. The van der Waals surface area contributed by atoms with Crippen LogP contribution >= 0.6 is 23.8 Å². The highest BCUT2D eigenvalue weighted by molar-refractivity contribution is 7.80. The summed E-state index contributed by atoms with van der Waals surface area (Å²) in [5.74, 6) is -0.276. The molecule has 1 aromatic carbocycles. The average molecular weight is 314 g/mol. The second kappa shape index (κ2) is 6.39. The van der Waals surface area contributed by atoms with Crippen LogP contribution in [-0.4, -0.2) is 58.5 Å². The van der Waals surface area contributed by atoms with Gasteiger partial charge in [-0.15, -0.1) is 0 Å². The number of thiocarbonyl (C=S) groups is 1. The predicted octanol–water partition coefficient (Wildman–Crippen LogP) is 1.09. The summed E-state index contributed by atoms with van der Waals surface area (Å²) in [6, 6.07) is 4.51. The van der Waals surface area contributed by atoms with E-state index in [0.717, 1.165) is 13.1 Å². The highest BCUT2D eigenvalue weighted by atomic mass is 35.5. The van der Waals surface area contributed by atoms with Crippen molar-refractivity contribution < 1.29 is 9.90 Å². The average Bonchev–Trinajstić information content (AvgIpc) is 2.38. The number of hydrogen-bond donors (Lipinski definition) is 2. The molecule has 0 radical (unpaired) electrons. The number of carbonyl (C=O) groups excluding carboxylic acids is 1. The number of carbonyl (C=O) groups is 1. The van der Waals surface area contributed by atoms with Gasteiger partial charge in [-0.3, -0.25) is 9.69 Å². The molecule has 0 unspecified atom stereocenters. The summed E-state index contributed by atoms with van der Waals surface area (Å²) in [5, 5.41) is 10.2. The minimum absolute atomic E-state index is 0.0898. The Kier molecular flexibility index (Phi) is 4.80. The largest absolute Gasteiger partial charge is 0.507 e. The molecule has 1 fully saturated rings.